The van der Waals surface area contributed by atoms with Gasteiger partial charge in [0, 0.05) is 25.2 Å². The molecule has 0 aliphatic heterocycles. The van der Waals surface area contributed by atoms with Gasteiger partial charge < -0.3 is 10.4 Å². The first-order chi connectivity index (χ1) is 14.1. The lowest BCUT2D eigenvalue weighted by atomic mass is 10.1. The monoisotopic (exact) mass is 430 g/mol. The van der Waals surface area contributed by atoms with Gasteiger partial charge in [-0.1, -0.05) is 24.3 Å². The molecule has 0 aliphatic rings. The lowest BCUT2D eigenvalue weighted by molar-refractivity contribution is -0.117. The van der Waals surface area contributed by atoms with E-state index in [-0.39, 0.29) is 27.0 Å². The summed E-state index contributed by atoms with van der Waals surface area (Å²) in [4.78, 5) is 36.5. The Balaban J connectivity index is 1.91. The first kappa shape index (κ1) is 21.1. The fraction of sp³-hybridized carbons (Fsp3) is 0.158. The maximum Gasteiger partial charge on any atom is 0.357 e. The number of aromatic carboxylic acids is 1. The fourth-order valence-electron chi connectivity index (χ4n) is 2.78. The van der Waals surface area contributed by atoms with E-state index in [0.717, 1.165) is 8.99 Å². The number of aromatic nitrogens is 2. The Morgan fingerprint density at radius 1 is 1.10 bits per heavy atom. The van der Waals surface area contributed by atoms with Gasteiger partial charge in [-0.05, 0) is 24.3 Å². The van der Waals surface area contributed by atoms with Gasteiger partial charge in [-0.3, -0.25) is 9.59 Å². The molecule has 0 atom stereocenters. The van der Waals surface area contributed by atoms with Gasteiger partial charge in [0.25, 0.3) is 5.56 Å². The molecule has 3 rings (SSSR count). The lowest BCUT2D eigenvalue weighted by Gasteiger charge is -2.13. The zero-order chi connectivity index (χ0) is 22.1. The van der Waals surface area contributed by atoms with Crippen molar-refractivity contribution in [2.75, 3.05) is 19.4 Å². The molecule has 0 saturated carbocycles. The van der Waals surface area contributed by atoms with Gasteiger partial charge in [0.1, 0.15) is 6.54 Å². The number of benzene rings is 2. The van der Waals surface area contributed by atoms with Crippen molar-refractivity contribution >= 4 is 38.4 Å². The fourth-order valence-corrected chi connectivity index (χ4v) is 3.73. The van der Waals surface area contributed by atoms with E-state index in [4.69, 9.17) is 0 Å². The third kappa shape index (κ3) is 4.07. The molecule has 0 spiro atoms. The van der Waals surface area contributed by atoms with E-state index in [0.29, 0.717) is 0 Å². The molecular formula is C19H18N4O6S. The number of nitrogens with zero attached hydrogens (tertiary/aromatic N) is 3. The second-order valence-electron chi connectivity index (χ2n) is 6.53. The molecule has 156 valence electrons. The molecule has 0 fully saturated rings. The molecule has 1 heterocycles. The van der Waals surface area contributed by atoms with E-state index in [1.54, 1.807) is 12.1 Å². The number of carboxylic acids is 1. The molecule has 3 aromatic rings. The number of hydrogen-bond donors (Lipinski definition) is 2. The van der Waals surface area contributed by atoms with E-state index in [1.807, 2.05) is 0 Å². The maximum absolute atomic E-state index is 12.6. The van der Waals surface area contributed by atoms with Gasteiger partial charge in [0.05, 0.1) is 10.3 Å². The zero-order valence-corrected chi connectivity index (χ0v) is 16.9. The molecule has 2 N–H and O–H groups in total. The van der Waals surface area contributed by atoms with Crippen LogP contribution in [0.1, 0.15) is 10.5 Å². The number of sulfonamides is 1. The predicted octanol–water partition coefficient (Wildman–Crippen LogP) is 0.984. The number of carbonyl (C=O) groups excluding carboxylic acids is 1. The Kier molecular flexibility index (Phi) is 5.67. The summed E-state index contributed by atoms with van der Waals surface area (Å²) in [7, 11) is -0.916. The molecule has 1 amide bonds. The number of carbonyl (C=O) groups is 2. The van der Waals surface area contributed by atoms with Crippen molar-refractivity contribution in [3.63, 3.8) is 0 Å². The van der Waals surface area contributed by atoms with Gasteiger partial charge in [-0.15, -0.1) is 0 Å². The second-order valence-corrected chi connectivity index (χ2v) is 8.68. The van der Waals surface area contributed by atoms with Crippen LogP contribution in [0.15, 0.2) is 58.2 Å². The Morgan fingerprint density at radius 3 is 2.40 bits per heavy atom. The number of nitrogens with one attached hydrogen (secondary N) is 1. The minimum Gasteiger partial charge on any atom is -0.476 e. The molecule has 0 radical (unpaired) electrons. The van der Waals surface area contributed by atoms with Gasteiger partial charge in [-0.2, -0.15) is 5.10 Å². The molecule has 1 aromatic heterocycles. The van der Waals surface area contributed by atoms with Gasteiger partial charge in [0.15, 0.2) is 5.69 Å². The molecule has 10 nitrogen and oxygen atoms in total. The summed E-state index contributed by atoms with van der Waals surface area (Å²) < 4.78 is 26.3. The summed E-state index contributed by atoms with van der Waals surface area (Å²) in [6, 6.07) is 11.7. The first-order valence-electron chi connectivity index (χ1n) is 8.67. The summed E-state index contributed by atoms with van der Waals surface area (Å²) >= 11 is 0. The summed E-state index contributed by atoms with van der Waals surface area (Å²) in [5, 5.41) is 16.0. The van der Waals surface area contributed by atoms with Crippen LogP contribution < -0.4 is 10.9 Å². The van der Waals surface area contributed by atoms with Crippen molar-refractivity contribution in [3.8, 4) is 0 Å². The van der Waals surface area contributed by atoms with Gasteiger partial charge in [-0.25, -0.2) is 22.2 Å². The third-order valence-electron chi connectivity index (χ3n) is 4.26. The predicted molar refractivity (Wildman–Crippen MR) is 109 cm³/mol. The molecule has 2 aromatic carbocycles. The highest BCUT2D eigenvalue weighted by Gasteiger charge is 2.19. The topological polar surface area (TPSA) is 139 Å². The zero-order valence-electron chi connectivity index (χ0n) is 16.1. The molecule has 0 bridgehead atoms. The Hall–Kier alpha value is -3.57. The average Bonchev–Trinajstić information content (AvgIpc) is 2.70. The maximum atomic E-state index is 12.6. The molecule has 0 saturated heterocycles. The van der Waals surface area contributed by atoms with E-state index < -0.39 is 34.0 Å². The van der Waals surface area contributed by atoms with Crippen LogP contribution in [0.25, 0.3) is 10.8 Å². The number of rotatable bonds is 6. The van der Waals surface area contributed by atoms with Crippen LogP contribution in [0.4, 0.5) is 5.69 Å². The van der Waals surface area contributed by atoms with Crippen molar-refractivity contribution in [2.45, 2.75) is 11.4 Å². The Bertz CT molecular complexity index is 1310. The van der Waals surface area contributed by atoms with E-state index in [1.165, 1.54) is 50.5 Å². The quantitative estimate of drug-likeness (QED) is 0.594. The van der Waals surface area contributed by atoms with E-state index in [9.17, 15) is 27.9 Å². The largest absolute Gasteiger partial charge is 0.476 e. The van der Waals surface area contributed by atoms with E-state index in [2.05, 4.69) is 10.4 Å². The highest BCUT2D eigenvalue weighted by atomic mass is 32.2. The number of amides is 1. The minimum atomic E-state index is -3.69. The van der Waals surface area contributed by atoms with Crippen LogP contribution >= 0.6 is 0 Å². The number of anilines is 1. The summed E-state index contributed by atoms with van der Waals surface area (Å²) in [5.41, 5.74) is -0.762. The minimum absolute atomic E-state index is 0.0144. The number of hydrogen-bond acceptors (Lipinski definition) is 6. The standard InChI is InChI=1S/C19H18N4O6S/c1-22(2)30(28,29)13-7-5-6-12(10-13)20-16(24)11-23-18(25)15-9-4-3-8-14(15)17(21-23)19(26)27/h3-10H,11H2,1-2H3,(H,20,24)(H,26,27). The lowest BCUT2D eigenvalue weighted by Crippen LogP contribution is -2.31. The van der Waals surface area contributed by atoms with Gasteiger partial charge in [0.2, 0.25) is 15.9 Å². The highest BCUT2D eigenvalue weighted by molar-refractivity contribution is 7.89. The third-order valence-corrected chi connectivity index (χ3v) is 6.07. The Morgan fingerprint density at radius 2 is 1.77 bits per heavy atom. The normalized spacial score (nSPS) is 11.6. The van der Waals surface area contributed by atoms with Crippen LogP contribution in [0, 0.1) is 0 Å². The molecule has 0 aliphatic carbocycles. The molecule has 11 heteroatoms. The van der Waals surface area contributed by atoms with Crippen LogP contribution in [-0.4, -0.2) is 53.6 Å². The van der Waals surface area contributed by atoms with Crippen LogP contribution in [0.5, 0.6) is 0 Å². The summed E-state index contributed by atoms with van der Waals surface area (Å²) in [5.74, 6) is -2.00. The van der Waals surface area contributed by atoms with Crippen molar-refractivity contribution in [1.82, 2.24) is 14.1 Å². The Labute approximate surface area is 171 Å². The summed E-state index contributed by atoms with van der Waals surface area (Å²) in [6.45, 7) is -0.547. The molecular weight excluding hydrogens is 412 g/mol. The molecule has 0 unspecified atom stereocenters. The van der Waals surface area contributed by atoms with Crippen molar-refractivity contribution < 1.29 is 23.1 Å². The smallest absolute Gasteiger partial charge is 0.357 e. The van der Waals surface area contributed by atoms with Crippen LogP contribution in [-0.2, 0) is 21.4 Å². The van der Waals surface area contributed by atoms with Crippen LogP contribution in [0.3, 0.4) is 0 Å². The first-order valence-corrected chi connectivity index (χ1v) is 10.1. The van der Waals surface area contributed by atoms with Gasteiger partial charge >= 0.3 is 5.97 Å². The van der Waals surface area contributed by atoms with E-state index >= 15 is 0 Å². The highest BCUT2D eigenvalue weighted by Crippen LogP contribution is 2.18. The number of carboxylic acid groups (broad SMARTS) is 1. The van der Waals surface area contributed by atoms with Crippen molar-refractivity contribution in [3.05, 3.63) is 64.6 Å². The summed E-state index contributed by atoms with van der Waals surface area (Å²) in [6.07, 6.45) is 0. The second kappa shape index (κ2) is 8.05. The SMILES string of the molecule is CN(C)S(=O)(=O)c1cccc(NC(=O)Cn2nc(C(=O)O)c3ccccc3c2=O)c1. The average molecular weight is 430 g/mol. The number of fused-ring (bicyclic) bond motifs is 1. The van der Waals surface area contributed by atoms with Crippen molar-refractivity contribution in [1.29, 1.82) is 0 Å². The van der Waals surface area contributed by atoms with Crippen molar-refractivity contribution in [2.24, 2.45) is 0 Å². The molecule has 30 heavy (non-hydrogen) atoms. The van der Waals surface area contributed by atoms with Crippen LogP contribution in [0.2, 0.25) is 0 Å².